The Kier molecular flexibility index (Phi) is 4.79. The highest BCUT2D eigenvalue weighted by molar-refractivity contribution is 6.33. The molecule has 0 spiro atoms. The molecule has 0 bridgehead atoms. The van der Waals surface area contributed by atoms with E-state index in [0.29, 0.717) is 5.75 Å². The molecule has 1 heterocycles. The number of anilines is 1. The normalized spacial score (nSPS) is 15.9. The van der Waals surface area contributed by atoms with Gasteiger partial charge in [0.25, 0.3) is 0 Å². The summed E-state index contributed by atoms with van der Waals surface area (Å²) >= 11 is 6.29. The van der Waals surface area contributed by atoms with E-state index in [2.05, 4.69) is 28.9 Å². The Labute approximate surface area is 143 Å². The number of aryl methyl sites for hydroxylation is 2. The smallest absolute Gasteiger partial charge is 0.120 e. The SMILES string of the molecule is Cc1cc(O)c(CN2CCN(c3ccccc3Cl)CC2)cc1C. The number of benzene rings is 2. The summed E-state index contributed by atoms with van der Waals surface area (Å²) in [7, 11) is 0. The maximum atomic E-state index is 10.2. The molecule has 0 radical (unpaired) electrons. The summed E-state index contributed by atoms with van der Waals surface area (Å²) < 4.78 is 0. The van der Waals surface area contributed by atoms with E-state index < -0.39 is 0 Å². The minimum Gasteiger partial charge on any atom is -0.508 e. The zero-order chi connectivity index (χ0) is 16.4. The van der Waals surface area contributed by atoms with Crippen LogP contribution in [0.1, 0.15) is 16.7 Å². The fraction of sp³-hybridized carbons (Fsp3) is 0.368. The first-order valence-corrected chi connectivity index (χ1v) is 8.43. The predicted molar refractivity (Wildman–Crippen MR) is 96.5 cm³/mol. The van der Waals surface area contributed by atoms with Crippen molar-refractivity contribution in [3.05, 3.63) is 58.1 Å². The molecule has 0 aliphatic carbocycles. The van der Waals surface area contributed by atoms with E-state index in [0.717, 1.165) is 54.6 Å². The molecule has 0 atom stereocenters. The van der Waals surface area contributed by atoms with Crippen LogP contribution in [0.2, 0.25) is 5.02 Å². The molecule has 0 saturated carbocycles. The quantitative estimate of drug-likeness (QED) is 0.922. The average molecular weight is 331 g/mol. The molecule has 1 aliphatic rings. The third kappa shape index (κ3) is 3.62. The fourth-order valence-electron chi connectivity index (χ4n) is 3.08. The van der Waals surface area contributed by atoms with Crippen molar-refractivity contribution >= 4 is 17.3 Å². The number of nitrogens with zero attached hydrogens (tertiary/aromatic N) is 2. The van der Waals surface area contributed by atoms with Gasteiger partial charge in [0.15, 0.2) is 0 Å². The Bertz CT molecular complexity index is 694. The molecule has 1 fully saturated rings. The van der Waals surface area contributed by atoms with E-state index in [4.69, 9.17) is 11.6 Å². The second-order valence-corrected chi connectivity index (χ2v) is 6.69. The van der Waals surface area contributed by atoms with Crippen molar-refractivity contribution in [1.82, 2.24) is 4.90 Å². The second kappa shape index (κ2) is 6.81. The van der Waals surface area contributed by atoms with Crippen LogP contribution in [0.3, 0.4) is 0 Å². The van der Waals surface area contributed by atoms with Gasteiger partial charge < -0.3 is 10.0 Å². The summed E-state index contributed by atoms with van der Waals surface area (Å²) in [5.74, 6) is 0.404. The third-order valence-electron chi connectivity index (χ3n) is 4.65. The highest BCUT2D eigenvalue weighted by Crippen LogP contribution is 2.27. The van der Waals surface area contributed by atoms with E-state index in [1.54, 1.807) is 0 Å². The maximum Gasteiger partial charge on any atom is 0.120 e. The molecule has 1 aliphatic heterocycles. The van der Waals surface area contributed by atoms with Crippen LogP contribution in [0.5, 0.6) is 5.75 Å². The zero-order valence-corrected chi connectivity index (χ0v) is 14.5. The zero-order valence-electron chi connectivity index (χ0n) is 13.7. The van der Waals surface area contributed by atoms with Gasteiger partial charge in [-0.3, -0.25) is 4.90 Å². The van der Waals surface area contributed by atoms with Gasteiger partial charge in [-0.25, -0.2) is 0 Å². The lowest BCUT2D eigenvalue weighted by atomic mass is 10.0. The Balaban J connectivity index is 1.64. The van der Waals surface area contributed by atoms with Gasteiger partial charge in [0.05, 0.1) is 10.7 Å². The topological polar surface area (TPSA) is 26.7 Å². The number of phenols is 1. The fourth-order valence-corrected chi connectivity index (χ4v) is 3.34. The molecule has 122 valence electrons. The first-order chi connectivity index (χ1) is 11.0. The molecule has 3 rings (SSSR count). The van der Waals surface area contributed by atoms with Crippen LogP contribution in [0, 0.1) is 13.8 Å². The Morgan fingerprint density at radius 2 is 1.65 bits per heavy atom. The highest BCUT2D eigenvalue weighted by Gasteiger charge is 2.19. The van der Waals surface area contributed by atoms with Crippen molar-refractivity contribution in [1.29, 1.82) is 0 Å². The number of rotatable bonds is 3. The average Bonchev–Trinajstić information content (AvgIpc) is 2.54. The molecule has 1 N–H and O–H groups in total. The summed E-state index contributed by atoms with van der Waals surface area (Å²) in [6.07, 6.45) is 0. The molecular weight excluding hydrogens is 308 g/mol. The van der Waals surface area contributed by atoms with Gasteiger partial charge in [-0.1, -0.05) is 29.8 Å². The summed E-state index contributed by atoms with van der Waals surface area (Å²) in [6.45, 7) is 8.76. The number of para-hydroxylation sites is 1. The van der Waals surface area contributed by atoms with Crippen LogP contribution in [-0.4, -0.2) is 36.2 Å². The Morgan fingerprint density at radius 3 is 2.35 bits per heavy atom. The van der Waals surface area contributed by atoms with Gasteiger partial charge in [0, 0.05) is 38.3 Å². The number of piperazine rings is 1. The van der Waals surface area contributed by atoms with Crippen molar-refractivity contribution in [2.45, 2.75) is 20.4 Å². The van der Waals surface area contributed by atoms with Gasteiger partial charge in [-0.15, -0.1) is 0 Å². The number of aromatic hydroxyl groups is 1. The van der Waals surface area contributed by atoms with Crippen LogP contribution in [0.15, 0.2) is 36.4 Å². The number of hydrogen-bond donors (Lipinski definition) is 1. The monoisotopic (exact) mass is 330 g/mol. The predicted octanol–water partition coefficient (Wildman–Crippen LogP) is 3.98. The van der Waals surface area contributed by atoms with Crippen molar-refractivity contribution in [3.8, 4) is 5.75 Å². The molecule has 23 heavy (non-hydrogen) atoms. The van der Waals surface area contributed by atoms with E-state index in [1.807, 2.05) is 31.2 Å². The van der Waals surface area contributed by atoms with Gasteiger partial charge in [0.2, 0.25) is 0 Å². The molecule has 0 unspecified atom stereocenters. The van der Waals surface area contributed by atoms with E-state index in [-0.39, 0.29) is 0 Å². The van der Waals surface area contributed by atoms with Crippen molar-refractivity contribution in [2.75, 3.05) is 31.1 Å². The van der Waals surface area contributed by atoms with Gasteiger partial charge >= 0.3 is 0 Å². The van der Waals surface area contributed by atoms with Crippen molar-refractivity contribution in [3.63, 3.8) is 0 Å². The summed E-state index contributed by atoms with van der Waals surface area (Å²) in [4.78, 5) is 4.72. The highest BCUT2D eigenvalue weighted by atomic mass is 35.5. The van der Waals surface area contributed by atoms with Crippen molar-refractivity contribution in [2.24, 2.45) is 0 Å². The largest absolute Gasteiger partial charge is 0.508 e. The molecule has 2 aromatic rings. The third-order valence-corrected chi connectivity index (χ3v) is 4.97. The van der Waals surface area contributed by atoms with Crippen molar-refractivity contribution < 1.29 is 5.11 Å². The molecule has 4 heteroatoms. The molecule has 2 aromatic carbocycles. The minimum atomic E-state index is 0.404. The standard InChI is InChI=1S/C19H23ClN2O/c1-14-11-16(19(23)12-15(14)2)13-21-7-9-22(10-8-21)18-6-4-3-5-17(18)20/h3-6,11-12,23H,7-10,13H2,1-2H3. The molecule has 0 aromatic heterocycles. The number of hydrogen-bond acceptors (Lipinski definition) is 3. The lowest BCUT2D eigenvalue weighted by molar-refractivity contribution is 0.246. The number of phenolic OH excluding ortho intramolecular Hbond substituents is 1. The van der Waals surface area contributed by atoms with Crippen LogP contribution >= 0.6 is 11.6 Å². The number of halogens is 1. The van der Waals surface area contributed by atoms with Gasteiger partial charge in [-0.2, -0.15) is 0 Å². The maximum absolute atomic E-state index is 10.2. The summed E-state index contributed by atoms with van der Waals surface area (Å²) in [5, 5.41) is 11.0. The first kappa shape index (κ1) is 16.2. The van der Waals surface area contributed by atoms with Crippen LogP contribution < -0.4 is 4.90 Å². The molecule has 0 amide bonds. The lowest BCUT2D eigenvalue weighted by Crippen LogP contribution is -2.46. The summed E-state index contributed by atoms with van der Waals surface area (Å²) in [6, 6.07) is 12.0. The minimum absolute atomic E-state index is 0.404. The summed E-state index contributed by atoms with van der Waals surface area (Å²) in [5.41, 5.74) is 4.49. The second-order valence-electron chi connectivity index (χ2n) is 6.28. The molecule has 1 saturated heterocycles. The Hall–Kier alpha value is -1.71. The first-order valence-electron chi connectivity index (χ1n) is 8.05. The van der Waals surface area contributed by atoms with Gasteiger partial charge in [-0.05, 0) is 43.2 Å². The van der Waals surface area contributed by atoms with E-state index in [1.165, 1.54) is 5.56 Å². The van der Waals surface area contributed by atoms with Crippen LogP contribution in [0.4, 0.5) is 5.69 Å². The lowest BCUT2D eigenvalue weighted by Gasteiger charge is -2.36. The van der Waals surface area contributed by atoms with E-state index >= 15 is 0 Å². The van der Waals surface area contributed by atoms with Crippen LogP contribution in [0.25, 0.3) is 0 Å². The Morgan fingerprint density at radius 1 is 1.00 bits per heavy atom. The molecule has 3 nitrogen and oxygen atoms in total. The van der Waals surface area contributed by atoms with Crippen LogP contribution in [-0.2, 0) is 6.54 Å². The van der Waals surface area contributed by atoms with Gasteiger partial charge in [0.1, 0.15) is 5.75 Å². The van der Waals surface area contributed by atoms with E-state index in [9.17, 15) is 5.11 Å². The molecular formula is C19H23ClN2O.